The Labute approximate surface area is 95.6 Å². The zero-order valence-electron chi connectivity index (χ0n) is 9.45. The van der Waals surface area contributed by atoms with Crippen LogP contribution in [0.2, 0.25) is 0 Å². The number of amides is 1. The third-order valence-corrected chi connectivity index (χ3v) is 3.44. The smallest absolute Gasteiger partial charge is 0.284 e. The Kier molecular flexibility index (Phi) is 3.65. The fraction of sp³-hybridized carbons (Fsp3) is 0.615. The van der Waals surface area contributed by atoms with Crippen LogP contribution in [0, 0.1) is 5.92 Å². The molecule has 2 aliphatic rings. The molecule has 1 aliphatic carbocycles. The van der Waals surface area contributed by atoms with Crippen molar-refractivity contribution in [3.05, 3.63) is 11.6 Å². The molecule has 1 saturated carbocycles. The van der Waals surface area contributed by atoms with Crippen molar-refractivity contribution >= 4 is 17.9 Å². The lowest BCUT2D eigenvalue weighted by Gasteiger charge is -2.21. The van der Waals surface area contributed by atoms with E-state index >= 15 is 0 Å². The molecule has 3 nitrogen and oxygen atoms in total. The van der Waals surface area contributed by atoms with Gasteiger partial charge in [0.1, 0.15) is 0 Å². The lowest BCUT2D eigenvalue weighted by Crippen LogP contribution is -2.14. The molecule has 3 heteroatoms. The zero-order chi connectivity index (χ0) is 11.4. The number of allylic oxidation sites excluding steroid dienone is 1. The van der Waals surface area contributed by atoms with Gasteiger partial charge < -0.3 is 0 Å². The van der Waals surface area contributed by atoms with Gasteiger partial charge in [-0.3, -0.25) is 9.59 Å². The number of aliphatic imine (C=N–C) groups is 1. The van der Waals surface area contributed by atoms with Crippen molar-refractivity contribution in [1.82, 2.24) is 0 Å². The first-order valence-electron chi connectivity index (χ1n) is 6.08. The second kappa shape index (κ2) is 5.19. The van der Waals surface area contributed by atoms with Crippen molar-refractivity contribution in [2.75, 3.05) is 0 Å². The summed E-state index contributed by atoms with van der Waals surface area (Å²) in [5.41, 5.74) is 0.912. The maximum absolute atomic E-state index is 11.1. The molecule has 0 unspecified atom stereocenters. The number of carbonyl (C=O) groups is 2. The highest BCUT2D eigenvalue weighted by Crippen LogP contribution is 2.28. The van der Waals surface area contributed by atoms with Gasteiger partial charge in [0.15, 0.2) is 0 Å². The summed E-state index contributed by atoms with van der Waals surface area (Å²) in [7, 11) is 0. The van der Waals surface area contributed by atoms with Crippen molar-refractivity contribution in [2.24, 2.45) is 10.9 Å². The highest BCUT2D eigenvalue weighted by atomic mass is 16.2. The van der Waals surface area contributed by atoms with E-state index < -0.39 is 11.7 Å². The molecule has 0 saturated heterocycles. The molecule has 0 atom stereocenters. The normalized spacial score (nSPS) is 22.4. The summed E-state index contributed by atoms with van der Waals surface area (Å²) in [4.78, 5) is 25.5. The molecule has 1 heterocycles. The van der Waals surface area contributed by atoms with E-state index in [-0.39, 0.29) is 0 Å². The Morgan fingerprint density at radius 1 is 1.19 bits per heavy atom. The first-order chi connectivity index (χ1) is 7.75. The number of hydrogen-bond acceptors (Lipinski definition) is 2. The molecule has 86 valence electrons. The van der Waals surface area contributed by atoms with Crippen molar-refractivity contribution in [2.45, 2.75) is 44.9 Å². The van der Waals surface area contributed by atoms with Crippen molar-refractivity contribution < 1.29 is 9.59 Å². The van der Waals surface area contributed by atoms with Crippen LogP contribution in [0.3, 0.4) is 0 Å². The average molecular weight is 219 g/mol. The molecule has 1 fully saturated rings. The topological polar surface area (TPSA) is 46.5 Å². The number of hydrogen-bond donors (Lipinski definition) is 0. The second-order valence-corrected chi connectivity index (χ2v) is 4.69. The Balaban J connectivity index is 1.82. The first-order valence-corrected chi connectivity index (χ1v) is 6.08. The molecule has 0 aromatic heterocycles. The predicted molar refractivity (Wildman–Crippen MR) is 62.4 cm³/mol. The fourth-order valence-corrected chi connectivity index (χ4v) is 2.46. The molecule has 0 N–H and O–H groups in total. The second-order valence-electron chi connectivity index (χ2n) is 4.69. The summed E-state index contributed by atoms with van der Waals surface area (Å²) < 4.78 is 0. The Morgan fingerprint density at radius 3 is 2.62 bits per heavy atom. The summed E-state index contributed by atoms with van der Waals surface area (Å²) in [5, 5.41) is 0. The Hall–Kier alpha value is -1.25. The van der Waals surface area contributed by atoms with E-state index in [0.29, 0.717) is 0 Å². The van der Waals surface area contributed by atoms with Crippen LogP contribution in [-0.2, 0) is 9.59 Å². The number of ketones is 1. The number of rotatable bonds is 3. The van der Waals surface area contributed by atoms with Gasteiger partial charge in [0.25, 0.3) is 0 Å². The van der Waals surface area contributed by atoms with Crippen LogP contribution in [0.4, 0.5) is 0 Å². The van der Waals surface area contributed by atoms with E-state index in [0.717, 1.165) is 24.3 Å². The monoisotopic (exact) mass is 219 g/mol. The summed E-state index contributed by atoms with van der Waals surface area (Å²) in [6, 6.07) is 0. The van der Waals surface area contributed by atoms with Crippen molar-refractivity contribution in [3.63, 3.8) is 0 Å². The molecule has 0 bridgehead atoms. The van der Waals surface area contributed by atoms with Gasteiger partial charge in [0.05, 0.1) is 0 Å². The molecule has 2 rings (SSSR count). The minimum absolute atomic E-state index is 0.471. The maximum Gasteiger partial charge on any atom is 0.317 e. The van der Waals surface area contributed by atoms with Crippen LogP contribution in [-0.4, -0.2) is 17.9 Å². The first kappa shape index (κ1) is 11.2. The van der Waals surface area contributed by atoms with E-state index in [9.17, 15) is 9.59 Å². The summed E-state index contributed by atoms with van der Waals surface area (Å²) in [6.45, 7) is 0. The van der Waals surface area contributed by atoms with Crippen LogP contribution in [0.15, 0.2) is 16.6 Å². The van der Waals surface area contributed by atoms with Crippen LogP contribution in [0.25, 0.3) is 0 Å². The maximum atomic E-state index is 11.1. The van der Waals surface area contributed by atoms with E-state index in [2.05, 4.69) is 4.99 Å². The van der Waals surface area contributed by atoms with Gasteiger partial charge in [-0.05, 0) is 30.4 Å². The Bertz CT molecular complexity index is 349. The van der Waals surface area contributed by atoms with E-state index in [1.54, 1.807) is 6.21 Å². The SMILES string of the molecule is O=C1C=C(CCC2CCCCC2)C=NC1=O. The van der Waals surface area contributed by atoms with Gasteiger partial charge in [-0.15, -0.1) is 0 Å². The Morgan fingerprint density at radius 2 is 1.94 bits per heavy atom. The van der Waals surface area contributed by atoms with Gasteiger partial charge in [-0.25, -0.2) is 4.99 Å². The number of carbonyl (C=O) groups excluding carboxylic acids is 2. The molecule has 16 heavy (non-hydrogen) atoms. The standard InChI is InChI=1S/C13H17NO2/c15-12-8-11(9-14-13(12)16)7-6-10-4-2-1-3-5-10/h8-10H,1-7H2. The average Bonchev–Trinajstić information content (AvgIpc) is 2.32. The van der Waals surface area contributed by atoms with Crippen LogP contribution in [0.5, 0.6) is 0 Å². The molecule has 1 aliphatic heterocycles. The fourth-order valence-electron chi connectivity index (χ4n) is 2.46. The summed E-state index contributed by atoms with van der Waals surface area (Å²) >= 11 is 0. The van der Waals surface area contributed by atoms with Crippen LogP contribution in [0.1, 0.15) is 44.9 Å². The van der Waals surface area contributed by atoms with Crippen molar-refractivity contribution in [3.8, 4) is 0 Å². The summed E-state index contributed by atoms with van der Waals surface area (Å²) in [5.74, 6) is -0.307. The quantitative estimate of drug-likeness (QED) is 0.684. The molecule has 0 aromatic rings. The zero-order valence-corrected chi connectivity index (χ0v) is 9.45. The molecule has 0 radical (unpaired) electrons. The molecule has 1 amide bonds. The van der Waals surface area contributed by atoms with Gasteiger partial charge in [-0.2, -0.15) is 0 Å². The third kappa shape index (κ3) is 2.87. The van der Waals surface area contributed by atoms with Crippen molar-refractivity contribution in [1.29, 1.82) is 0 Å². The van der Waals surface area contributed by atoms with Gasteiger partial charge in [0, 0.05) is 6.21 Å². The lowest BCUT2D eigenvalue weighted by atomic mass is 9.85. The molecule has 0 spiro atoms. The van der Waals surface area contributed by atoms with E-state index in [1.807, 2.05) is 0 Å². The molecule has 0 aromatic carbocycles. The predicted octanol–water partition coefficient (Wildman–Crippen LogP) is 2.45. The largest absolute Gasteiger partial charge is 0.317 e. The highest BCUT2D eigenvalue weighted by Gasteiger charge is 2.17. The van der Waals surface area contributed by atoms with Gasteiger partial charge >= 0.3 is 5.91 Å². The minimum atomic E-state index is -0.638. The van der Waals surface area contributed by atoms with E-state index in [1.165, 1.54) is 38.2 Å². The highest BCUT2D eigenvalue weighted by molar-refractivity contribution is 6.44. The number of nitrogens with zero attached hydrogens (tertiary/aromatic N) is 1. The van der Waals surface area contributed by atoms with Gasteiger partial charge in [-0.1, -0.05) is 32.1 Å². The summed E-state index contributed by atoms with van der Waals surface area (Å²) in [6.07, 6.45) is 11.7. The minimum Gasteiger partial charge on any atom is -0.284 e. The van der Waals surface area contributed by atoms with Crippen LogP contribution < -0.4 is 0 Å². The molecular formula is C13H17NO2. The lowest BCUT2D eigenvalue weighted by molar-refractivity contribution is -0.133. The van der Waals surface area contributed by atoms with Crippen LogP contribution >= 0.6 is 0 Å². The van der Waals surface area contributed by atoms with Gasteiger partial charge in [0.2, 0.25) is 5.78 Å². The van der Waals surface area contributed by atoms with E-state index in [4.69, 9.17) is 0 Å². The molecular weight excluding hydrogens is 202 g/mol. The number of dihydropyridines is 1. The third-order valence-electron chi connectivity index (χ3n) is 3.44.